The lowest BCUT2D eigenvalue weighted by atomic mass is 9.80. The standard InChI is InChI=1S/C15H18.C14H20.C10H14/c1-9-6-11(3)15-13(5)12(4)10(2)8-14(15)7-9;1-9-5-6-14-12(4)11(3)10(2)8-13(14)7-9;1-7-5-8(2)10(4)9(3)6-7/h6-8H,1-5H3;8-9H,5-7H2,1-4H3;5-6H,1-4H3. The Morgan fingerprint density at radius 3 is 1.59 bits per heavy atom. The molecule has 0 saturated heterocycles. The van der Waals surface area contributed by atoms with Gasteiger partial charge in [-0.2, -0.15) is 0 Å². The van der Waals surface area contributed by atoms with Crippen molar-refractivity contribution in [1.29, 1.82) is 0 Å². The van der Waals surface area contributed by atoms with Gasteiger partial charge in [0.05, 0.1) is 0 Å². The lowest BCUT2D eigenvalue weighted by Crippen LogP contribution is -2.13. The Morgan fingerprint density at radius 1 is 0.487 bits per heavy atom. The third-order valence-electron chi connectivity index (χ3n) is 9.32. The lowest BCUT2D eigenvalue weighted by molar-refractivity contribution is 0.499. The molecular weight excluding hydrogens is 468 g/mol. The average Bonchev–Trinajstić information content (AvgIpc) is 2.84. The molecule has 0 radical (unpaired) electrons. The van der Waals surface area contributed by atoms with Crippen molar-refractivity contribution in [2.24, 2.45) is 5.92 Å². The molecule has 0 aliphatic heterocycles. The molecule has 0 nitrogen and oxygen atoms in total. The Hall–Kier alpha value is -2.86. The fourth-order valence-corrected chi connectivity index (χ4v) is 6.32. The van der Waals surface area contributed by atoms with Crippen LogP contribution in [0.2, 0.25) is 0 Å². The number of fused-ring (bicyclic) bond motifs is 2. The number of benzene rings is 4. The minimum absolute atomic E-state index is 0.879. The molecule has 0 bridgehead atoms. The van der Waals surface area contributed by atoms with E-state index in [9.17, 15) is 0 Å². The minimum atomic E-state index is 0.879. The van der Waals surface area contributed by atoms with Gasteiger partial charge in [-0.1, -0.05) is 54.4 Å². The molecule has 39 heavy (non-hydrogen) atoms. The summed E-state index contributed by atoms with van der Waals surface area (Å²) in [5.74, 6) is 0.879. The first-order valence-electron chi connectivity index (χ1n) is 14.8. The molecule has 208 valence electrons. The fourth-order valence-electron chi connectivity index (χ4n) is 6.32. The van der Waals surface area contributed by atoms with Gasteiger partial charge in [-0.3, -0.25) is 0 Å². The van der Waals surface area contributed by atoms with E-state index in [0.29, 0.717) is 0 Å². The van der Waals surface area contributed by atoms with Gasteiger partial charge in [-0.05, 0) is 186 Å². The van der Waals surface area contributed by atoms with Crippen LogP contribution in [-0.4, -0.2) is 0 Å². The van der Waals surface area contributed by atoms with E-state index in [4.69, 9.17) is 0 Å². The Bertz CT molecular complexity index is 1470. The van der Waals surface area contributed by atoms with Crippen LogP contribution in [0.15, 0.2) is 36.4 Å². The summed E-state index contributed by atoms with van der Waals surface area (Å²) in [6.45, 7) is 28.8. The van der Waals surface area contributed by atoms with Gasteiger partial charge in [-0.15, -0.1) is 0 Å². The van der Waals surface area contributed by atoms with Crippen molar-refractivity contribution in [3.63, 3.8) is 0 Å². The highest BCUT2D eigenvalue weighted by Crippen LogP contribution is 2.31. The molecule has 5 rings (SSSR count). The molecule has 0 amide bonds. The summed E-state index contributed by atoms with van der Waals surface area (Å²) in [7, 11) is 0. The van der Waals surface area contributed by atoms with E-state index in [1.54, 1.807) is 16.7 Å². The molecule has 1 aliphatic rings. The zero-order valence-corrected chi connectivity index (χ0v) is 27.2. The minimum Gasteiger partial charge on any atom is -0.0622 e. The molecule has 0 heteroatoms. The highest BCUT2D eigenvalue weighted by molar-refractivity contribution is 5.91. The van der Waals surface area contributed by atoms with Crippen molar-refractivity contribution in [2.75, 3.05) is 0 Å². The maximum Gasteiger partial charge on any atom is -0.0122 e. The molecule has 1 atom stereocenters. The average molecular weight is 521 g/mol. The van der Waals surface area contributed by atoms with E-state index in [0.717, 1.165) is 5.92 Å². The van der Waals surface area contributed by atoms with Gasteiger partial charge < -0.3 is 0 Å². The van der Waals surface area contributed by atoms with Gasteiger partial charge in [0.2, 0.25) is 0 Å². The Morgan fingerprint density at radius 2 is 0.974 bits per heavy atom. The molecule has 4 aromatic rings. The summed E-state index contributed by atoms with van der Waals surface area (Å²) in [6, 6.07) is 13.7. The van der Waals surface area contributed by atoms with Crippen molar-refractivity contribution in [3.8, 4) is 0 Å². The van der Waals surface area contributed by atoms with E-state index in [2.05, 4.69) is 126 Å². The van der Waals surface area contributed by atoms with Gasteiger partial charge in [0, 0.05) is 0 Å². The summed E-state index contributed by atoms with van der Waals surface area (Å²) >= 11 is 0. The smallest absolute Gasteiger partial charge is 0.0122 e. The van der Waals surface area contributed by atoms with Gasteiger partial charge in [0.25, 0.3) is 0 Å². The molecule has 0 aromatic heterocycles. The van der Waals surface area contributed by atoms with E-state index >= 15 is 0 Å². The van der Waals surface area contributed by atoms with Gasteiger partial charge >= 0.3 is 0 Å². The highest BCUT2D eigenvalue weighted by atomic mass is 14.2. The third-order valence-corrected chi connectivity index (χ3v) is 9.32. The zero-order valence-electron chi connectivity index (χ0n) is 27.2. The van der Waals surface area contributed by atoms with Crippen LogP contribution >= 0.6 is 0 Å². The quantitative estimate of drug-likeness (QED) is 0.216. The number of aryl methyl sites for hydroxylation is 8. The fraction of sp³-hybridized carbons (Fsp3) is 0.436. The molecule has 4 aromatic carbocycles. The van der Waals surface area contributed by atoms with Crippen molar-refractivity contribution in [2.45, 2.75) is 109 Å². The first kappa shape index (κ1) is 30.7. The Labute approximate surface area is 239 Å². The second kappa shape index (κ2) is 12.5. The Kier molecular flexibility index (Phi) is 9.87. The van der Waals surface area contributed by atoms with Gasteiger partial charge in [-0.25, -0.2) is 0 Å². The van der Waals surface area contributed by atoms with Crippen LogP contribution in [0.5, 0.6) is 0 Å². The maximum atomic E-state index is 2.41. The molecule has 0 heterocycles. The first-order valence-corrected chi connectivity index (χ1v) is 14.8. The normalized spacial score (nSPS) is 14.2. The molecule has 1 aliphatic carbocycles. The highest BCUT2D eigenvalue weighted by Gasteiger charge is 2.18. The SMILES string of the molecule is Cc1cc(C)c(C)c(C)c1.Cc1cc(C)c2c(C)c(C)c(C)cc2c1.Cc1cc2c(c(C)c1C)CCC(C)C2. The van der Waals surface area contributed by atoms with Crippen molar-refractivity contribution >= 4 is 10.8 Å². The largest absolute Gasteiger partial charge is 0.0622 e. The summed E-state index contributed by atoms with van der Waals surface area (Å²) in [5.41, 5.74) is 20.4. The van der Waals surface area contributed by atoms with Gasteiger partial charge in [0.15, 0.2) is 0 Å². The van der Waals surface area contributed by atoms with E-state index in [-0.39, 0.29) is 0 Å². The summed E-state index contributed by atoms with van der Waals surface area (Å²) < 4.78 is 0. The van der Waals surface area contributed by atoms with E-state index < -0.39 is 0 Å². The predicted molar refractivity (Wildman–Crippen MR) is 175 cm³/mol. The monoisotopic (exact) mass is 520 g/mol. The number of hydrogen-bond donors (Lipinski definition) is 0. The van der Waals surface area contributed by atoms with Crippen molar-refractivity contribution < 1.29 is 0 Å². The molecule has 0 N–H and O–H groups in total. The maximum absolute atomic E-state index is 2.41. The summed E-state index contributed by atoms with van der Waals surface area (Å²) in [4.78, 5) is 0. The molecule has 0 saturated carbocycles. The molecule has 0 fully saturated rings. The molecule has 1 unspecified atom stereocenters. The third kappa shape index (κ3) is 7.02. The van der Waals surface area contributed by atoms with Crippen LogP contribution in [0.4, 0.5) is 0 Å². The van der Waals surface area contributed by atoms with Crippen LogP contribution in [0.25, 0.3) is 10.8 Å². The van der Waals surface area contributed by atoms with Gasteiger partial charge in [0.1, 0.15) is 0 Å². The summed E-state index contributed by atoms with van der Waals surface area (Å²) in [5, 5.41) is 2.82. The van der Waals surface area contributed by atoms with Crippen LogP contribution < -0.4 is 0 Å². The molecule has 0 spiro atoms. The second-order valence-electron chi connectivity index (χ2n) is 12.6. The van der Waals surface area contributed by atoms with Crippen LogP contribution in [-0.2, 0) is 12.8 Å². The topological polar surface area (TPSA) is 0 Å². The second-order valence-corrected chi connectivity index (χ2v) is 12.6. The zero-order chi connectivity index (χ0) is 29.2. The summed E-state index contributed by atoms with van der Waals surface area (Å²) in [6.07, 6.45) is 3.96. The lowest BCUT2D eigenvalue weighted by Gasteiger charge is -2.25. The van der Waals surface area contributed by atoms with E-state index in [1.807, 2.05) is 0 Å². The van der Waals surface area contributed by atoms with Crippen LogP contribution in [0, 0.1) is 89.0 Å². The van der Waals surface area contributed by atoms with Crippen LogP contribution in [0.1, 0.15) is 91.2 Å². The van der Waals surface area contributed by atoms with Crippen molar-refractivity contribution in [1.82, 2.24) is 0 Å². The number of rotatable bonds is 0. The first-order chi connectivity index (χ1) is 18.2. The Balaban J connectivity index is 0.000000165. The van der Waals surface area contributed by atoms with Crippen LogP contribution in [0.3, 0.4) is 0 Å². The van der Waals surface area contributed by atoms with E-state index in [1.165, 1.54) is 91.2 Å². The van der Waals surface area contributed by atoms with Crippen molar-refractivity contribution in [3.05, 3.63) is 114 Å². The number of hydrogen-bond acceptors (Lipinski definition) is 0. The molecular formula is C39H52. The predicted octanol–water partition coefficient (Wildman–Crippen LogP) is 11.0.